The number of fused-ring (bicyclic) bond motifs is 1. The van der Waals surface area contributed by atoms with Crippen LogP contribution >= 0.6 is 0 Å². The van der Waals surface area contributed by atoms with Gasteiger partial charge in [-0.1, -0.05) is 18.2 Å². The lowest BCUT2D eigenvalue weighted by Gasteiger charge is -1.99. The fourth-order valence-electron chi connectivity index (χ4n) is 1.32. The molecule has 0 spiro atoms. The summed E-state index contributed by atoms with van der Waals surface area (Å²) in [5, 5.41) is 9.88. The van der Waals surface area contributed by atoms with Gasteiger partial charge in [-0.2, -0.15) is 0 Å². The van der Waals surface area contributed by atoms with E-state index < -0.39 is 11.6 Å². The van der Waals surface area contributed by atoms with Crippen LogP contribution in [0.4, 0.5) is 0 Å². The Labute approximate surface area is 78.4 Å². The summed E-state index contributed by atoms with van der Waals surface area (Å²) in [6.45, 7) is 0. The van der Waals surface area contributed by atoms with Gasteiger partial charge in [0.2, 0.25) is 0 Å². The monoisotopic (exact) mass is 190 g/mol. The molecule has 0 saturated heterocycles. The van der Waals surface area contributed by atoms with Crippen LogP contribution < -0.4 is 5.63 Å². The number of rotatable bonds is 1. The highest BCUT2D eigenvalue weighted by Crippen LogP contribution is 2.21. The molecule has 0 radical (unpaired) electrons. The zero-order valence-corrected chi connectivity index (χ0v) is 7.06. The molecule has 0 atom stereocenters. The van der Waals surface area contributed by atoms with Crippen LogP contribution in [0.25, 0.3) is 10.8 Å². The van der Waals surface area contributed by atoms with Gasteiger partial charge in [-0.15, -0.1) is 0 Å². The fraction of sp³-hybridized carbons (Fsp3) is 0. The van der Waals surface area contributed by atoms with Gasteiger partial charge in [0.1, 0.15) is 5.56 Å². The van der Waals surface area contributed by atoms with Crippen molar-refractivity contribution < 1.29 is 14.3 Å². The number of carbonyl (C=O) groups excluding carboxylic acids is 1. The van der Waals surface area contributed by atoms with E-state index in [9.17, 15) is 14.7 Å². The molecular weight excluding hydrogens is 184 g/mol. The van der Waals surface area contributed by atoms with Crippen molar-refractivity contribution in [2.75, 3.05) is 0 Å². The third-order valence-electron chi connectivity index (χ3n) is 1.97. The fourth-order valence-corrected chi connectivity index (χ4v) is 1.32. The number of aldehydes is 1. The summed E-state index contributed by atoms with van der Waals surface area (Å²) in [6, 6.07) is 6.45. The second kappa shape index (κ2) is 2.99. The normalized spacial score (nSPS) is 10.3. The number of benzene rings is 1. The Bertz CT molecular complexity index is 554. The molecule has 14 heavy (non-hydrogen) atoms. The van der Waals surface area contributed by atoms with Crippen molar-refractivity contribution >= 4 is 17.1 Å². The van der Waals surface area contributed by atoms with E-state index in [2.05, 4.69) is 4.42 Å². The van der Waals surface area contributed by atoms with Crippen LogP contribution in [0, 0.1) is 0 Å². The molecule has 0 aliphatic rings. The standard InChI is InChI=1S/C10H6O4/c11-5-8-6-3-1-2-4-7(6)9(12)14-10(8)13/h1-5,13H. The summed E-state index contributed by atoms with van der Waals surface area (Å²) < 4.78 is 4.48. The molecule has 0 unspecified atom stereocenters. The molecule has 1 aromatic heterocycles. The second-order valence-corrected chi connectivity index (χ2v) is 2.77. The molecule has 1 heterocycles. The average molecular weight is 190 g/mol. The maximum atomic E-state index is 11.2. The lowest BCUT2D eigenvalue weighted by atomic mass is 10.1. The van der Waals surface area contributed by atoms with Crippen LogP contribution in [-0.2, 0) is 0 Å². The van der Waals surface area contributed by atoms with Gasteiger partial charge in [0.25, 0.3) is 5.95 Å². The third-order valence-corrected chi connectivity index (χ3v) is 1.97. The SMILES string of the molecule is O=Cc1c(O)oc(=O)c2ccccc12. The van der Waals surface area contributed by atoms with Gasteiger partial charge in [0.05, 0.1) is 5.39 Å². The minimum atomic E-state index is -0.649. The van der Waals surface area contributed by atoms with Crippen molar-refractivity contribution in [1.82, 2.24) is 0 Å². The molecular formula is C10H6O4. The summed E-state index contributed by atoms with van der Waals surface area (Å²) in [5.41, 5.74) is -0.649. The maximum absolute atomic E-state index is 11.2. The Morgan fingerprint density at radius 2 is 1.86 bits per heavy atom. The van der Waals surface area contributed by atoms with Crippen molar-refractivity contribution in [3.8, 4) is 5.95 Å². The number of carbonyl (C=O) groups is 1. The first-order valence-corrected chi connectivity index (χ1v) is 3.94. The van der Waals surface area contributed by atoms with Crippen LogP contribution in [0.1, 0.15) is 10.4 Å². The average Bonchev–Trinajstić information content (AvgIpc) is 2.18. The predicted molar refractivity (Wildman–Crippen MR) is 49.5 cm³/mol. The Morgan fingerprint density at radius 1 is 1.21 bits per heavy atom. The maximum Gasteiger partial charge on any atom is 0.346 e. The molecule has 2 aromatic rings. The molecule has 0 aliphatic carbocycles. The Hall–Kier alpha value is -2.10. The highest BCUT2D eigenvalue weighted by atomic mass is 16.5. The lowest BCUT2D eigenvalue weighted by molar-refractivity contribution is 0.111. The first-order chi connectivity index (χ1) is 6.74. The van der Waals surface area contributed by atoms with Gasteiger partial charge in [-0.3, -0.25) is 4.79 Å². The van der Waals surface area contributed by atoms with E-state index >= 15 is 0 Å². The smallest absolute Gasteiger partial charge is 0.346 e. The van der Waals surface area contributed by atoms with Crippen molar-refractivity contribution in [2.45, 2.75) is 0 Å². The molecule has 0 bridgehead atoms. The van der Waals surface area contributed by atoms with E-state index in [1.54, 1.807) is 18.2 Å². The van der Waals surface area contributed by atoms with Crippen LogP contribution in [0.15, 0.2) is 33.5 Å². The van der Waals surface area contributed by atoms with Crippen molar-refractivity contribution in [1.29, 1.82) is 0 Å². The van der Waals surface area contributed by atoms with E-state index in [0.29, 0.717) is 11.7 Å². The van der Waals surface area contributed by atoms with Gasteiger partial charge >= 0.3 is 5.63 Å². The lowest BCUT2D eigenvalue weighted by Crippen LogP contribution is -2.01. The third kappa shape index (κ3) is 1.08. The number of aromatic hydroxyl groups is 1. The molecule has 0 amide bonds. The van der Waals surface area contributed by atoms with Crippen molar-refractivity contribution in [3.63, 3.8) is 0 Å². The van der Waals surface area contributed by atoms with Crippen molar-refractivity contribution in [2.24, 2.45) is 0 Å². The van der Waals surface area contributed by atoms with Crippen LogP contribution in [-0.4, -0.2) is 11.4 Å². The van der Waals surface area contributed by atoms with Crippen molar-refractivity contribution in [3.05, 3.63) is 40.2 Å². The van der Waals surface area contributed by atoms with Gasteiger partial charge in [0.15, 0.2) is 6.29 Å². The van der Waals surface area contributed by atoms with E-state index in [-0.39, 0.29) is 10.9 Å². The topological polar surface area (TPSA) is 67.5 Å². The molecule has 1 aromatic carbocycles. The zero-order chi connectivity index (χ0) is 10.1. The summed E-state index contributed by atoms with van der Waals surface area (Å²) in [7, 11) is 0. The molecule has 0 aliphatic heterocycles. The molecule has 2 rings (SSSR count). The first kappa shape index (κ1) is 8.50. The zero-order valence-electron chi connectivity index (χ0n) is 7.06. The van der Waals surface area contributed by atoms with E-state index in [0.717, 1.165) is 0 Å². The number of hydrogen-bond donors (Lipinski definition) is 1. The quantitative estimate of drug-likeness (QED) is 0.688. The largest absolute Gasteiger partial charge is 0.480 e. The highest BCUT2D eigenvalue weighted by Gasteiger charge is 2.10. The Balaban J connectivity index is 3.05. The van der Waals surface area contributed by atoms with E-state index in [1.807, 2.05) is 0 Å². The minimum Gasteiger partial charge on any atom is -0.480 e. The summed E-state index contributed by atoms with van der Waals surface area (Å²) in [4.78, 5) is 21.9. The predicted octanol–water partition coefficient (Wildman–Crippen LogP) is 1.31. The highest BCUT2D eigenvalue weighted by molar-refractivity contribution is 5.98. The van der Waals surface area contributed by atoms with E-state index in [1.165, 1.54) is 6.07 Å². The molecule has 4 heteroatoms. The van der Waals surface area contributed by atoms with E-state index in [4.69, 9.17) is 0 Å². The van der Waals surface area contributed by atoms with Gasteiger partial charge in [-0.05, 0) is 6.07 Å². The minimum absolute atomic E-state index is 0.000185. The Kier molecular flexibility index (Phi) is 1.81. The van der Waals surface area contributed by atoms with Crippen LogP contribution in [0.3, 0.4) is 0 Å². The van der Waals surface area contributed by atoms with Gasteiger partial charge in [0, 0.05) is 5.39 Å². The molecule has 4 nitrogen and oxygen atoms in total. The van der Waals surface area contributed by atoms with Crippen LogP contribution in [0.5, 0.6) is 5.95 Å². The first-order valence-electron chi connectivity index (χ1n) is 3.94. The van der Waals surface area contributed by atoms with Gasteiger partial charge in [-0.25, -0.2) is 4.79 Å². The van der Waals surface area contributed by atoms with Crippen LogP contribution in [0.2, 0.25) is 0 Å². The summed E-state index contributed by atoms with van der Waals surface area (Å²) in [6.07, 6.45) is 0.459. The summed E-state index contributed by atoms with van der Waals surface area (Å²) in [5.74, 6) is -0.635. The molecule has 70 valence electrons. The number of hydrogen-bond acceptors (Lipinski definition) is 4. The molecule has 0 fully saturated rings. The summed E-state index contributed by atoms with van der Waals surface area (Å²) >= 11 is 0. The molecule has 0 saturated carbocycles. The van der Waals surface area contributed by atoms with Gasteiger partial charge < -0.3 is 9.52 Å². The molecule has 1 N–H and O–H groups in total. The Morgan fingerprint density at radius 3 is 2.50 bits per heavy atom. The second-order valence-electron chi connectivity index (χ2n) is 2.77.